The Morgan fingerprint density at radius 3 is 2.40 bits per heavy atom. The summed E-state index contributed by atoms with van der Waals surface area (Å²) in [6, 6.07) is 6.81. The van der Waals surface area contributed by atoms with Gasteiger partial charge in [0.05, 0.1) is 0 Å². The molecule has 0 amide bonds. The van der Waals surface area contributed by atoms with Crippen molar-refractivity contribution in [3.05, 3.63) is 24.3 Å². The van der Waals surface area contributed by atoms with Crippen LogP contribution in [0.3, 0.4) is 0 Å². The minimum atomic E-state index is -0.905. The summed E-state index contributed by atoms with van der Waals surface area (Å²) in [5, 5.41) is 8.98. The summed E-state index contributed by atoms with van der Waals surface area (Å²) in [6.07, 6.45) is 0. The average molecular weight is 190 g/mol. The third-order valence-corrected chi connectivity index (χ3v) is 3.01. The second-order valence-corrected chi connectivity index (χ2v) is 5.69. The number of thiol groups is 1. The Kier molecular flexibility index (Phi) is 2.59. The summed E-state index contributed by atoms with van der Waals surface area (Å²) >= 11 is 9.75. The van der Waals surface area contributed by atoms with Crippen molar-refractivity contribution in [2.75, 3.05) is 0 Å². The Hall–Kier alpha value is -0.190. The first-order chi connectivity index (χ1) is 4.70. The quantitative estimate of drug-likeness (QED) is 0.645. The molecule has 1 aromatic carbocycles. The molecule has 0 unspecified atom stereocenters. The third-order valence-electron chi connectivity index (χ3n) is 1.04. The molecule has 0 heterocycles. The number of rotatable bonds is 1. The van der Waals surface area contributed by atoms with Crippen molar-refractivity contribution < 1.29 is 5.11 Å². The highest BCUT2D eigenvalue weighted by Crippen LogP contribution is 2.11. The molecule has 10 heavy (non-hydrogen) atoms. The van der Waals surface area contributed by atoms with Gasteiger partial charge in [0.25, 0.3) is 0 Å². The van der Waals surface area contributed by atoms with E-state index in [4.69, 9.17) is 27.5 Å². The van der Waals surface area contributed by atoms with E-state index in [1.165, 1.54) is 0 Å². The van der Waals surface area contributed by atoms with Crippen LogP contribution in [0.15, 0.2) is 29.2 Å². The second kappa shape index (κ2) is 3.27. The van der Waals surface area contributed by atoms with Crippen molar-refractivity contribution in [1.82, 2.24) is 0 Å². The minimum absolute atomic E-state index is 0.236. The molecule has 0 aliphatic carbocycles. The monoisotopic (exact) mass is 190 g/mol. The lowest BCUT2D eigenvalue weighted by Crippen LogP contribution is -1.74. The van der Waals surface area contributed by atoms with Crippen molar-refractivity contribution in [2.45, 2.75) is 4.90 Å². The molecule has 0 aliphatic rings. The Morgan fingerprint density at radius 2 is 2.00 bits per heavy atom. The van der Waals surface area contributed by atoms with E-state index in [-0.39, 0.29) is 5.75 Å². The van der Waals surface area contributed by atoms with Gasteiger partial charge < -0.3 is 5.11 Å². The molecule has 1 nitrogen and oxygen atoms in total. The van der Waals surface area contributed by atoms with E-state index >= 15 is 0 Å². The lowest BCUT2D eigenvalue weighted by Gasteiger charge is -1.93. The molecule has 1 aromatic rings. The molecule has 0 bridgehead atoms. The molecule has 54 valence electrons. The van der Waals surface area contributed by atoms with Gasteiger partial charge in [-0.3, -0.25) is 0 Å². The lowest BCUT2D eigenvalue weighted by molar-refractivity contribution is 0.474. The van der Waals surface area contributed by atoms with Crippen LogP contribution in [0, 0.1) is 0 Å². The summed E-state index contributed by atoms with van der Waals surface area (Å²) in [5.41, 5.74) is 0. The fourth-order valence-corrected chi connectivity index (χ4v) is 1.73. The smallest absolute Gasteiger partial charge is 0.116 e. The first-order valence-corrected chi connectivity index (χ1v) is 6.00. The fraction of sp³-hybridized carbons (Fsp3) is 0. The SMILES string of the molecule is Oc1cccc([SH](=S)=S)c1. The molecule has 0 saturated heterocycles. The molecular weight excluding hydrogens is 184 g/mol. The lowest BCUT2D eigenvalue weighted by atomic mass is 10.3. The Morgan fingerprint density at radius 1 is 1.30 bits per heavy atom. The van der Waals surface area contributed by atoms with Crippen LogP contribution in [0.5, 0.6) is 5.75 Å². The largest absolute Gasteiger partial charge is 0.508 e. The van der Waals surface area contributed by atoms with Crippen LogP contribution >= 0.6 is 0 Å². The molecule has 0 fully saturated rings. The molecule has 0 saturated carbocycles. The molecule has 1 N–H and O–H groups in total. The molecule has 0 aromatic heterocycles. The van der Waals surface area contributed by atoms with Gasteiger partial charge in [0.15, 0.2) is 0 Å². The van der Waals surface area contributed by atoms with Gasteiger partial charge in [-0.05, 0) is 40.6 Å². The van der Waals surface area contributed by atoms with E-state index in [0.29, 0.717) is 0 Å². The Balaban J connectivity index is 3.19. The van der Waals surface area contributed by atoms with Gasteiger partial charge >= 0.3 is 0 Å². The Labute approximate surface area is 70.5 Å². The van der Waals surface area contributed by atoms with E-state index in [1.807, 2.05) is 6.07 Å². The number of phenolic OH excluding ortho intramolecular Hbond substituents is 1. The molecule has 1 rings (SSSR count). The first kappa shape index (κ1) is 7.91. The van der Waals surface area contributed by atoms with E-state index in [1.54, 1.807) is 18.2 Å². The number of aromatic hydroxyl groups is 1. The van der Waals surface area contributed by atoms with E-state index < -0.39 is 8.01 Å². The highest BCUT2D eigenvalue weighted by Gasteiger charge is 1.89. The van der Waals surface area contributed by atoms with Crippen LogP contribution in [0.1, 0.15) is 0 Å². The number of phenols is 1. The van der Waals surface area contributed by atoms with Gasteiger partial charge in [0.1, 0.15) is 5.75 Å². The highest BCUT2D eigenvalue weighted by molar-refractivity contribution is 8.46. The van der Waals surface area contributed by atoms with Gasteiger partial charge in [-0.2, -0.15) is 0 Å². The molecular formula is C6H6OS3. The zero-order chi connectivity index (χ0) is 7.56. The fourth-order valence-electron chi connectivity index (χ4n) is 0.607. The number of hydrogen-bond acceptors (Lipinski definition) is 3. The summed E-state index contributed by atoms with van der Waals surface area (Å²) in [4.78, 5) is 0.875. The molecule has 0 aliphatic heterocycles. The van der Waals surface area contributed by atoms with Crippen LogP contribution in [0.4, 0.5) is 0 Å². The van der Waals surface area contributed by atoms with Crippen molar-refractivity contribution in [3.63, 3.8) is 0 Å². The first-order valence-electron chi connectivity index (χ1n) is 2.63. The zero-order valence-corrected chi connectivity index (χ0v) is 7.55. The highest BCUT2D eigenvalue weighted by atomic mass is 33.1. The van der Waals surface area contributed by atoms with E-state index in [2.05, 4.69) is 0 Å². The molecule has 0 atom stereocenters. The van der Waals surface area contributed by atoms with Crippen LogP contribution in [0.2, 0.25) is 0 Å². The average Bonchev–Trinajstić information content (AvgIpc) is 1.88. The number of hydrogen-bond donors (Lipinski definition) is 2. The van der Waals surface area contributed by atoms with Gasteiger partial charge in [-0.15, -0.1) is 0 Å². The van der Waals surface area contributed by atoms with Crippen molar-refractivity contribution >= 4 is 30.4 Å². The summed E-state index contributed by atoms with van der Waals surface area (Å²) < 4.78 is 0. The third kappa shape index (κ3) is 1.90. The second-order valence-electron chi connectivity index (χ2n) is 1.78. The van der Waals surface area contributed by atoms with E-state index in [0.717, 1.165) is 4.90 Å². The van der Waals surface area contributed by atoms with E-state index in [9.17, 15) is 0 Å². The van der Waals surface area contributed by atoms with Gasteiger partial charge in [0, 0.05) is 4.90 Å². The molecule has 0 spiro atoms. The van der Waals surface area contributed by atoms with Crippen LogP contribution in [-0.2, 0) is 30.4 Å². The maximum Gasteiger partial charge on any atom is 0.116 e. The van der Waals surface area contributed by atoms with Crippen LogP contribution in [-0.4, -0.2) is 5.11 Å². The predicted octanol–water partition coefficient (Wildman–Crippen LogP) is 1.03. The standard InChI is InChI=1S/C6H6OS3/c7-5-2-1-3-6(4-5)10(8)9/h1-4,7,10H. The molecule has 4 heteroatoms. The van der Waals surface area contributed by atoms with Gasteiger partial charge in [-0.1, -0.05) is 14.1 Å². The Bertz CT molecular complexity index is 296. The topological polar surface area (TPSA) is 20.2 Å². The van der Waals surface area contributed by atoms with Crippen LogP contribution < -0.4 is 0 Å². The summed E-state index contributed by atoms with van der Waals surface area (Å²) in [5.74, 6) is 0.236. The van der Waals surface area contributed by atoms with Gasteiger partial charge in [-0.25, -0.2) is 0 Å². The van der Waals surface area contributed by atoms with Crippen molar-refractivity contribution in [1.29, 1.82) is 0 Å². The molecule has 0 radical (unpaired) electrons. The van der Waals surface area contributed by atoms with Gasteiger partial charge in [0.2, 0.25) is 0 Å². The normalized spacial score (nSPS) is 10.1. The zero-order valence-electron chi connectivity index (χ0n) is 5.02. The summed E-state index contributed by atoms with van der Waals surface area (Å²) in [6.45, 7) is 0. The maximum atomic E-state index is 8.98. The van der Waals surface area contributed by atoms with Crippen LogP contribution in [0.25, 0.3) is 0 Å². The predicted molar refractivity (Wildman–Crippen MR) is 49.9 cm³/mol. The van der Waals surface area contributed by atoms with Crippen molar-refractivity contribution in [3.8, 4) is 5.75 Å². The maximum absolute atomic E-state index is 8.98. The minimum Gasteiger partial charge on any atom is -0.508 e. The van der Waals surface area contributed by atoms with Crippen molar-refractivity contribution in [2.24, 2.45) is 0 Å². The number of benzene rings is 1. The summed E-state index contributed by atoms with van der Waals surface area (Å²) in [7, 11) is -0.905.